The van der Waals surface area contributed by atoms with Gasteiger partial charge in [-0.05, 0) is 41.8 Å². The molecule has 4 rings (SSSR count). The van der Waals surface area contributed by atoms with Gasteiger partial charge in [-0.1, -0.05) is 41.6 Å². The summed E-state index contributed by atoms with van der Waals surface area (Å²) in [6.07, 6.45) is 3.85. The summed E-state index contributed by atoms with van der Waals surface area (Å²) < 4.78 is 1.83. The van der Waals surface area contributed by atoms with Gasteiger partial charge in [0.15, 0.2) is 5.69 Å². The molecular weight excluding hydrogens is 366 g/mol. The molecule has 1 aliphatic rings. The highest BCUT2D eigenvalue weighted by Crippen LogP contribution is 2.24. The van der Waals surface area contributed by atoms with Crippen LogP contribution in [-0.4, -0.2) is 69.1 Å². The highest BCUT2D eigenvalue weighted by Gasteiger charge is 2.24. The Morgan fingerprint density at radius 1 is 1.24 bits per heavy atom. The van der Waals surface area contributed by atoms with E-state index >= 15 is 0 Å². The van der Waals surface area contributed by atoms with E-state index in [1.54, 1.807) is 13.2 Å². The third-order valence-corrected chi connectivity index (χ3v) is 5.59. The van der Waals surface area contributed by atoms with Crippen LogP contribution in [0.1, 0.15) is 34.9 Å². The zero-order valence-electron chi connectivity index (χ0n) is 16.7. The average molecular weight is 393 g/mol. The first-order chi connectivity index (χ1) is 14.1. The molecule has 2 heterocycles. The van der Waals surface area contributed by atoms with Gasteiger partial charge < -0.3 is 10.0 Å². The molecule has 0 spiro atoms. The standard InChI is InChI=1S/C22H27N5O2/c1-25(11-12-28)22(29)21-16-27(24-23-21)20-7-4-10-26(15-20)14-17-8-9-18-5-2-3-6-19(18)13-17/h2-3,5-6,8-9,13,16,20,28H,4,7,10-12,14-15H2,1H3/t20-/m1/s1. The lowest BCUT2D eigenvalue weighted by Crippen LogP contribution is -2.36. The molecule has 7 nitrogen and oxygen atoms in total. The molecule has 1 aliphatic heterocycles. The molecule has 0 unspecified atom stereocenters. The lowest BCUT2D eigenvalue weighted by molar-refractivity contribution is 0.0761. The number of fused-ring (bicyclic) bond motifs is 1. The van der Waals surface area contributed by atoms with E-state index < -0.39 is 0 Å². The maximum atomic E-state index is 12.3. The van der Waals surface area contributed by atoms with E-state index in [2.05, 4.69) is 57.7 Å². The Bertz CT molecular complexity index is 986. The largest absolute Gasteiger partial charge is 0.395 e. The SMILES string of the molecule is CN(CCO)C(=O)c1cn([C@@H]2CCCN(Cc3ccc4ccccc4c3)C2)nn1. The summed E-state index contributed by atoms with van der Waals surface area (Å²) in [7, 11) is 1.66. The maximum absolute atomic E-state index is 12.3. The number of aliphatic hydroxyl groups is 1. The summed E-state index contributed by atoms with van der Waals surface area (Å²) in [6, 6.07) is 15.3. The predicted molar refractivity (Wildman–Crippen MR) is 112 cm³/mol. The quantitative estimate of drug-likeness (QED) is 0.696. The van der Waals surface area contributed by atoms with Crippen LogP contribution in [0.15, 0.2) is 48.7 Å². The van der Waals surface area contributed by atoms with Gasteiger partial charge in [0.05, 0.1) is 18.8 Å². The molecule has 0 bridgehead atoms. The molecule has 0 radical (unpaired) electrons. The van der Waals surface area contributed by atoms with Crippen LogP contribution in [0.25, 0.3) is 10.8 Å². The zero-order chi connectivity index (χ0) is 20.2. The van der Waals surface area contributed by atoms with E-state index in [0.29, 0.717) is 5.69 Å². The highest BCUT2D eigenvalue weighted by atomic mass is 16.3. The van der Waals surface area contributed by atoms with Crippen LogP contribution in [0.3, 0.4) is 0 Å². The summed E-state index contributed by atoms with van der Waals surface area (Å²) in [6.45, 7) is 3.07. The molecule has 1 fully saturated rings. The molecule has 152 valence electrons. The van der Waals surface area contributed by atoms with Gasteiger partial charge in [-0.25, -0.2) is 4.68 Å². The van der Waals surface area contributed by atoms with Crippen LogP contribution in [0.2, 0.25) is 0 Å². The van der Waals surface area contributed by atoms with Crippen molar-refractivity contribution in [3.8, 4) is 0 Å². The first-order valence-corrected chi connectivity index (χ1v) is 10.1. The van der Waals surface area contributed by atoms with Gasteiger partial charge in [0, 0.05) is 26.7 Å². The van der Waals surface area contributed by atoms with E-state index in [1.807, 2.05) is 4.68 Å². The maximum Gasteiger partial charge on any atom is 0.275 e. The smallest absolute Gasteiger partial charge is 0.275 e. The van der Waals surface area contributed by atoms with Crippen LogP contribution in [0, 0.1) is 0 Å². The van der Waals surface area contributed by atoms with Gasteiger partial charge in [0.2, 0.25) is 0 Å². The molecule has 7 heteroatoms. The lowest BCUT2D eigenvalue weighted by atomic mass is 10.0. The van der Waals surface area contributed by atoms with Gasteiger partial charge in [0.1, 0.15) is 0 Å². The summed E-state index contributed by atoms with van der Waals surface area (Å²) in [5, 5.41) is 19.8. The number of amides is 1. The fourth-order valence-electron chi connectivity index (χ4n) is 3.99. The van der Waals surface area contributed by atoms with Crippen molar-refractivity contribution in [3.63, 3.8) is 0 Å². The zero-order valence-corrected chi connectivity index (χ0v) is 16.7. The van der Waals surface area contributed by atoms with Crippen molar-refractivity contribution in [1.82, 2.24) is 24.8 Å². The van der Waals surface area contributed by atoms with E-state index in [-0.39, 0.29) is 25.1 Å². The van der Waals surface area contributed by atoms with E-state index in [9.17, 15) is 4.79 Å². The fourth-order valence-corrected chi connectivity index (χ4v) is 3.99. The minimum Gasteiger partial charge on any atom is -0.395 e. The second-order valence-electron chi connectivity index (χ2n) is 7.75. The van der Waals surface area contributed by atoms with E-state index in [1.165, 1.54) is 21.2 Å². The molecule has 1 N–H and O–H groups in total. The molecule has 1 amide bonds. The van der Waals surface area contributed by atoms with Crippen molar-refractivity contribution in [1.29, 1.82) is 0 Å². The number of aromatic nitrogens is 3. The topological polar surface area (TPSA) is 74.5 Å². The third-order valence-electron chi connectivity index (χ3n) is 5.59. The molecule has 0 aliphatic carbocycles. The Kier molecular flexibility index (Phi) is 5.87. The molecule has 1 aromatic heterocycles. The lowest BCUT2D eigenvalue weighted by Gasteiger charge is -2.32. The number of benzene rings is 2. The normalized spacial score (nSPS) is 17.5. The molecule has 1 atom stereocenters. The van der Waals surface area contributed by atoms with Gasteiger partial charge in [-0.3, -0.25) is 9.69 Å². The number of aliphatic hydroxyl groups excluding tert-OH is 1. The Balaban J connectivity index is 1.42. The highest BCUT2D eigenvalue weighted by molar-refractivity contribution is 5.91. The number of hydrogen-bond donors (Lipinski definition) is 1. The molecular formula is C22H27N5O2. The van der Waals surface area contributed by atoms with Crippen molar-refractivity contribution in [2.45, 2.75) is 25.4 Å². The van der Waals surface area contributed by atoms with E-state index in [0.717, 1.165) is 32.5 Å². The van der Waals surface area contributed by atoms with Gasteiger partial charge in [-0.2, -0.15) is 0 Å². The molecule has 3 aromatic rings. The number of rotatable bonds is 6. The van der Waals surface area contributed by atoms with Crippen LogP contribution < -0.4 is 0 Å². The Morgan fingerprint density at radius 2 is 2.07 bits per heavy atom. The predicted octanol–water partition coefficient (Wildman–Crippen LogP) is 2.33. The van der Waals surface area contributed by atoms with Gasteiger partial charge in [-0.15, -0.1) is 5.10 Å². The van der Waals surface area contributed by atoms with Crippen molar-refractivity contribution in [3.05, 3.63) is 59.9 Å². The monoisotopic (exact) mass is 393 g/mol. The third kappa shape index (κ3) is 4.46. The number of nitrogens with zero attached hydrogens (tertiary/aromatic N) is 5. The van der Waals surface area contributed by atoms with Crippen LogP contribution in [0.5, 0.6) is 0 Å². The minimum absolute atomic E-state index is 0.0667. The minimum atomic E-state index is -0.214. The van der Waals surface area contributed by atoms with Crippen molar-refractivity contribution < 1.29 is 9.90 Å². The van der Waals surface area contributed by atoms with Crippen molar-refractivity contribution in [2.24, 2.45) is 0 Å². The summed E-state index contributed by atoms with van der Waals surface area (Å²) >= 11 is 0. The second-order valence-corrected chi connectivity index (χ2v) is 7.75. The van der Waals surface area contributed by atoms with Crippen LogP contribution >= 0.6 is 0 Å². The fraction of sp³-hybridized carbons (Fsp3) is 0.409. The van der Waals surface area contributed by atoms with E-state index in [4.69, 9.17) is 5.11 Å². The van der Waals surface area contributed by atoms with Crippen molar-refractivity contribution >= 4 is 16.7 Å². The number of carbonyl (C=O) groups is 1. The Labute approximate surface area is 170 Å². The van der Waals surface area contributed by atoms with Gasteiger partial charge in [0.25, 0.3) is 5.91 Å². The number of likely N-dealkylation sites (tertiary alicyclic amines) is 1. The Hall–Kier alpha value is -2.77. The molecule has 2 aromatic carbocycles. The number of hydrogen-bond acceptors (Lipinski definition) is 5. The number of likely N-dealkylation sites (N-methyl/N-ethyl adjacent to an activating group) is 1. The molecule has 0 saturated carbocycles. The second kappa shape index (κ2) is 8.71. The summed E-state index contributed by atoms with van der Waals surface area (Å²) in [5.74, 6) is -0.214. The average Bonchev–Trinajstić information content (AvgIpc) is 3.24. The number of carbonyl (C=O) groups excluding carboxylic acids is 1. The first kappa shape index (κ1) is 19.5. The summed E-state index contributed by atoms with van der Waals surface area (Å²) in [4.78, 5) is 16.2. The Morgan fingerprint density at radius 3 is 2.90 bits per heavy atom. The first-order valence-electron chi connectivity index (χ1n) is 10.1. The molecule has 29 heavy (non-hydrogen) atoms. The number of piperidine rings is 1. The van der Waals surface area contributed by atoms with Crippen LogP contribution in [-0.2, 0) is 6.54 Å². The van der Waals surface area contributed by atoms with Gasteiger partial charge >= 0.3 is 0 Å². The summed E-state index contributed by atoms with van der Waals surface area (Å²) in [5.41, 5.74) is 1.64. The van der Waals surface area contributed by atoms with Crippen LogP contribution in [0.4, 0.5) is 0 Å². The van der Waals surface area contributed by atoms with Crippen molar-refractivity contribution in [2.75, 3.05) is 33.3 Å². The molecule has 1 saturated heterocycles.